The van der Waals surface area contributed by atoms with Crippen LogP contribution < -0.4 is 5.73 Å². The van der Waals surface area contributed by atoms with Crippen molar-refractivity contribution >= 4 is 11.1 Å². The van der Waals surface area contributed by atoms with E-state index < -0.39 is 0 Å². The Hall–Kier alpha value is -2.17. The lowest BCUT2D eigenvalue weighted by atomic mass is 9.93. The zero-order valence-corrected chi connectivity index (χ0v) is 13.7. The summed E-state index contributed by atoms with van der Waals surface area (Å²) in [5.41, 5.74) is 9.95. The Labute approximate surface area is 141 Å². The Kier molecular flexibility index (Phi) is 4.32. The first-order valence-corrected chi connectivity index (χ1v) is 8.62. The Morgan fingerprint density at radius 1 is 1.04 bits per heavy atom. The number of rotatable bonds is 4. The second-order valence-corrected chi connectivity index (χ2v) is 6.48. The highest BCUT2D eigenvalue weighted by Gasteiger charge is 2.22. The normalized spacial score (nSPS) is 21.2. The Morgan fingerprint density at radius 2 is 1.83 bits per heavy atom. The summed E-state index contributed by atoms with van der Waals surface area (Å²) in [6, 6.07) is 16.2. The van der Waals surface area contributed by atoms with Crippen molar-refractivity contribution in [2.45, 2.75) is 44.4 Å². The summed E-state index contributed by atoms with van der Waals surface area (Å²) in [6.07, 6.45) is 4.77. The fourth-order valence-electron chi connectivity index (χ4n) is 3.27. The van der Waals surface area contributed by atoms with Gasteiger partial charge in [-0.3, -0.25) is 0 Å². The number of nitrogens with two attached hydrogens (primary N) is 1. The van der Waals surface area contributed by atoms with Crippen LogP contribution in [0, 0.1) is 0 Å². The molecule has 4 rings (SSSR count). The summed E-state index contributed by atoms with van der Waals surface area (Å²) in [4.78, 5) is 4.53. The second kappa shape index (κ2) is 6.75. The molecule has 1 heterocycles. The monoisotopic (exact) mass is 322 g/mol. The van der Waals surface area contributed by atoms with E-state index in [-0.39, 0.29) is 12.1 Å². The molecule has 0 saturated heterocycles. The van der Waals surface area contributed by atoms with Crippen LogP contribution in [0.3, 0.4) is 0 Å². The minimum atomic E-state index is 0.178. The van der Waals surface area contributed by atoms with Gasteiger partial charge in [0.2, 0.25) is 5.89 Å². The maximum atomic E-state index is 6.13. The van der Waals surface area contributed by atoms with E-state index in [1.807, 2.05) is 36.4 Å². The van der Waals surface area contributed by atoms with E-state index in [1.165, 1.54) is 12.8 Å². The molecular weight excluding hydrogens is 300 g/mol. The maximum Gasteiger partial charge on any atom is 0.227 e. The van der Waals surface area contributed by atoms with Crippen molar-refractivity contribution in [3.8, 4) is 11.5 Å². The molecule has 1 aromatic heterocycles. The topological polar surface area (TPSA) is 61.3 Å². The Balaban J connectivity index is 1.44. The number of aromatic nitrogens is 1. The molecule has 1 aliphatic carbocycles. The zero-order chi connectivity index (χ0) is 16.4. The van der Waals surface area contributed by atoms with Crippen molar-refractivity contribution in [2.24, 2.45) is 5.73 Å². The molecule has 0 aliphatic heterocycles. The largest absolute Gasteiger partial charge is 0.436 e. The third-order valence-corrected chi connectivity index (χ3v) is 4.71. The van der Waals surface area contributed by atoms with Crippen LogP contribution in [0.4, 0.5) is 0 Å². The van der Waals surface area contributed by atoms with E-state index in [1.54, 1.807) is 0 Å². The van der Waals surface area contributed by atoms with Crippen molar-refractivity contribution in [2.75, 3.05) is 0 Å². The molecule has 2 aromatic carbocycles. The van der Waals surface area contributed by atoms with Gasteiger partial charge in [0.15, 0.2) is 5.58 Å². The molecule has 0 unspecified atom stereocenters. The highest BCUT2D eigenvalue weighted by atomic mass is 16.5. The van der Waals surface area contributed by atoms with Crippen LogP contribution in [0.25, 0.3) is 22.6 Å². The molecule has 0 amide bonds. The predicted molar refractivity (Wildman–Crippen MR) is 94.5 cm³/mol. The van der Waals surface area contributed by atoms with Gasteiger partial charge in [-0.25, -0.2) is 4.98 Å². The zero-order valence-electron chi connectivity index (χ0n) is 13.7. The van der Waals surface area contributed by atoms with Gasteiger partial charge in [-0.1, -0.05) is 37.1 Å². The number of oxazole rings is 1. The Bertz CT molecular complexity index is 777. The number of hydrogen-bond acceptors (Lipinski definition) is 4. The molecule has 0 radical (unpaired) electrons. The summed E-state index contributed by atoms with van der Waals surface area (Å²) >= 11 is 0. The Morgan fingerprint density at radius 3 is 2.62 bits per heavy atom. The molecule has 1 aliphatic rings. The molecule has 24 heavy (non-hydrogen) atoms. The summed E-state index contributed by atoms with van der Waals surface area (Å²) in [7, 11) is 0. The molecule has 0 spiro atoms. The first kappa shape index (κ1) is 15.4. The van der Waals surface area contributed by atoms with Gasteiger partial charge in [0.25, 0.3) is 0 Å². The molecule has 4 heteroatoms. The lowest BCUT2D eigenvalue weighted by Gasteiger charge is -2.28. The number of para-hydroxylation sites is 2. The summed E-state index contributed by atoms with van der Waals surface area (Å²) < 4.78 is 11.8. The smallest absolute Gasteiger partial charge is 0.227 e. The van der Waals surface area contributed by atoms with Crippen LogP contribution in [-0.2, 0) is 11.3 Å². The molecular formula is C20H22N2O2. The van der Waals surface area contributed by atoms with Crippen LogP contribution in [0.5, 0.6) is 0 Å². The standard InChI is InChI=1S/C20H22N2O2/c21-16-5-1-3-7-18(16)23-13-14-9-11-15(12-10-14)20-22-17-6-2-4-8-19(17)24-20/h2,4,6,8-12,16,18H,1,3,5,7,13,21H2/t16-,18-/m1/s1. The number of hydrogen-bond donors (Lipinski definition) is 1. The van der Waals surface area contributed by atoms with Crippen LogP contribution in [0.15, 0.2) is 52.9 Å². The van der Waals surface area contributed by atoms with Crippen molar-refractivity contribution < 1.29 is 9.15 Å². The van der Waals surface area contributed by atoms with E-state index in [0.717, 1.165) is 35.1 Å². The molecule has 3 aromatic rings. The van der Waals surface area contributed by atoms with E-state index >= 15 is 0 Å². The van der Waals surface area contributed by atoms with Gasteiger partial charge in [-0.05, 0) is 42.7 Å². The van der Waals surface area contributed by atoms with E-state index in [2.05, 4.69) is 17.1 Å². The minimum absolute atomic E-state index is 0.178. The van der Waals surface area contributed by atoms with Crippen LogP contribution in [0.1, 0.15) is 31.2 Å². The van der Waals surface area contributed by atoms with Gasteiger partial charge in [0.1, 0.15) is 5.52 Å². The third kappa shape index (κ3) is 3.21. The van der Waals surface area contributed by atoms with Gasteiger partial charge < -0.3 is 14.9 Å². The minimum Gasteiger partial charge on any atom is -0.436 e. The van der Waals surface area contributed by atoms with Crippen LogP contribution in [0.2, 0.25) is 0 Å². The van der Waals surface area contributed by atoms with Crippen molar-refractivity contribution in [3.05, 3.63) is 54.1 Å². The summed E-state index contributed by atoms with van der Waals surface area (Å²) in [6.45, 7) is 0.603. The SMILES string of the molecule is N[C@@H]1CCCC[C@H]1OCc1ccc(-c2nc3ccccc3o2)cc1. The number of ether oxygens (including phenoxy) is 1. The second-order valence-electron chi connectivity index (χ2n) is 6.48. The predicted octanol–water partition coefficient (Wildman–Crippen LogP) is 4.28. The van der Waals surface area contributed by atoms with Crippen LogP contribution in [-0.4, -0.2) is 17.1 Å². The van der Waals surface area contributed by atoms with Crippen molar-refractivity contribution in [3.63, 3.8) is 0 Å². The molecule has 0 bridgehead atoms. The van der Waals surface area contributed by atoms with Gasteiger partial charge in [-0.15, -0.1) is 0 Å². The molecule has 1 fully saturated rings. The van der Waals surface area contributed by atoms with E-state index in [9.17, 15) is 0 Å². The first-order valence-electron chi connectivity index (χ1n) is 8.62. The van der Waals surface area contributed by atoms with Gasteiger partial charge in [0, 0.05) is 11.6 Å². The first-order chi connectivity index (χ1) is 11.8. The molecule has 1 saturated carbocycles. The fraction of sp³-hybridized carbons (Fsp3) is 0.350. The van der Waals surface area contributed by atoms with Gasteiger partial charge in [-0.2, -0.15) is 0 Å². The lowest BCUT2D eigenvalue weighted by molar-refractivity contribution is 0.00405. The third-order valence-electron chi connectivity index (χ3n) is 4.71. The maximum absolute atomic E-state index is 6.13. The molecule has 4 nitrogen and oxygen atoms in total. The average Bonchev–Trinajstić information content (AvgIpc) is 3.06. The fourth-order valence-corrected chi connectivity index (χ4v) is 3.27. The number of benzene rings is 2. The van der Waals surface area contributed by atoms with Gasteiger partial charge in [0.05, 0.1) is 12.7 Å². The number of nitrogens with zero attached hydrogens (tertiary/aromatic N) is 1. The highest BCUT2D eigenvalue weighted by Crippen LogP contribution is 2.25. The van der Waals surface area contributed by atoms with Crippen molar-refractivity contribution in [1.29, 1.82) is 0 Å². The van der Waals surface area contributed by atoms with E-state index in [0.29, 0.717) is 12.5 Å². The highest BCUT2D eigenvalue weighted by molar-refractivity contribution is 5.75. The van der Waals surface area contributed by atoms with E-state index in [4.69, 9.17) is 14.9 Å². The summed E-state index contributed by atoms with van der Waals surface area (Å²) in [5.74, 6) is 0.651. The van der Waals surface area contributed by atoms with Crippen LogP contribution >= 0.6 is 0 Å². The number of fused-ring (bicyclic) bond motifs is 1. The molecule has 2 N–H and O–H groups in total. The average molecular weight is 322 g/mol. The lowest BCUT2D eigenvalue weighted by Crippen LogP contribution is -2.39. The molecule has 124 valence electrons. The van der Waals surface area contributed by atoms with Crippen molar-refractivity contribution in [1.82, 2.24) is 4.98 Å². The summed E-state index contributed by atoms with van der Waals surface area (Å²) in [5, 5.41) is 0. The molecule has 2 atom stereocenters. The quantitative estimate of drug-likeness (QED) is 0.778. The van der Waals surface area contributed by atoms with Gasteiger partial charge >= 0.3 is 0 Å².